The summed E-state index contributed by atoms with van der Waals surface area (Å²) in [5.74, 6) is -5.40. The van der Waals surface area contributed by atoms with Crippen LogP contribution in [-0.2, 0) is 4.79 Å². The summed E-state index contributed by atoms with van der Waals surface area (Å²) in [5.41, 5.74) is 0. The van der Waals surface area contributed by atoms with Gasteiger partial charge in [-0.1, -0.05) is 0 Å². The first-order chi connectivity index (χ1) is 9.72. The van der Waals surface area contributed by atoms with Crippen molar-refractivity contribution in [2.45, 2.75) is 38.0 Å². The summed E-state index contributed by atoms with van der Waals surface area (Å²) in [6, 6.07) is -0.935. The van der Waals surface area contributed by atoms with Crippen LogP contribution in [0.15, 0.2) is 0 Å². The van der Waals surface area contributed by atoms with Crippen LogP contribution in [0.4, 0.5) is 22.4 Å². The van der Waals surface area contributed by atoms with Gasteiger partial charge in [0, 0.05) is 6.54 Å². The van der Waals surface area contributed by atoms with Crippen LogP contribution in [0.5, 0.6) is 0 Å². The molecular weight excluding hydrogens is 296 g/mol. The number of urea groups is 1. The monoisotopic (exact) mass is 314 g/mol. The van der Waals surface area contributed by atoms with Crippen molar-refractivity contribution in [1.29, 1.82) is 0 Å². The maximum atomic E-state index is 12.6. The number of amides is 2. The SMILES string of the molecule is O=C(NCC1CCC(C(=O)O)CC1)NCC(F)(F)C(F)F. The van der Waals surface area contributed by atoms with Gasteiger partial charge in [0.2, 0.25) is 0 Å². The smallest absolute Gasteiger partial charge is 0.324 e. The molecule has 1 aliphatic rings. The van der Waals surface area contributed by atoms with Gasteiger partial charge in [0.15, 0.2) is 0 Å². The van der Waals surface area contributed by atoms with Crippen molar-refractivity contribution in [2.75, 3.05) is 13.1 Å². The van der Waals surface area contributed by atoms with Crippen molar-refractivity contribution in [3.63, 3.8) is 0 Å². The van der Waals surface area contributed by atoms with Crippen LogP contribution in [0, 0.1) is 11.8 Å². The summed E-state index contributed by atoms with van der Waals surface area (Å²) in [7, 11) is 0. The first-order valence-corrected chi connectivity index (χ1v) is 6.63. The zero-order valence-electron chi connectivity index (χ0n) is 11.3. The molecular formula is C12H18F4N2O3. The van der Waals surface area contributed by atoms with E-state index in [1.54, 1.807) is 5.32 Å². The molecule has 5 nitrogen and oxygen atoms in total. The molecule has 1 fully saturated rings. The molecule has 0 aromatic carbocycles. The highest BCUT2D eigenvalue weighted by Gasteiger charge is 2.40. The lowest BCUT2D eigenvalue weighted by molar-refractivity contribution is -0.143. The standard InChI is InChI=1S/C12H18F4N2O3/c13-10(14)12(15,16)6-18-11(21)17-5-7-1-3-8(4-2-7)9(19)20/h7-8,10H,1-6H2,(H,19,20)(H2,17,18,21). The molecule has 122 valence electrons. The van der Waals surface area contributed by atoms with E-state index in [1.165, 1.54) is 0 Å². The first kappa shape index (κ1) is 17.5. The number of halogens is 4. The molecule has 0 unspecified atom stereocenters. The Morgan fingerprint density at radius 1 is 1.14 bits per heavy atom. The lowest BCUT2D eigenvalue weighted by Crippen LogP contribution is -2.46. The van der Waals surface area contributed by atoms with Crippen molar-refractivity contribution < 1.29 is 32.3 Å². The average Bonchev–Trinajstić information content (AvgIpc) is 2.43. The van der Waals surface area contributed by atoms with E-state index in [-0.39, 0.29) is 18.4 Å². The Hall–Kier alpha value is -1.54. The van der Waals surface area contributed by atoms with Crippen molar-refractivity contribution in [1.82, 2.24) is 10.6 Å². The number of rotatable bonds is 6. The van der Waals surface area contributed by atoms with Gasteiger partial charge in [-0.2, -0.15) is 8.78 Å². The molecule has 0 spiro atoms. The predicted octanol–water partition coefficient (Wildman–Crippen LogP) is 2.08. The maximum Gasteiger partial charge on any atom is 0.324 e. The third-order valence-corrected chi connectivity index (χ3v) is 3.55. The molecule has 0 atom stereocenters. The molecule has 0 aromatic heterocycles. The number of carboxylic acid groups (broad SMARTS) is 1. The fourth-order valence-electron chi connectivity index (χ4n) is 2.19. The number of carbonyl (C=O) groups is 2. The molecule has 3 N–H and O–H groups in total. The first-order valence-electron chi connectivity index (χ1n) is 6.63. The fourth-order valence-corrected chi connectivity index (χ4v) is 2.19. The summed E-state index contributed by atoms with van der Waals surface area (Å²) in [6.45, 7) is -1.22. The quantitative estimate of drug-likeness (QED) is 0.657. The number of aliphatic carboxylic acids is 1. The molecule has 0 bridgehead atoms. The van der Waals surface area contributed by atoms with Crippen molar-refractivity contribution in [3.8, 4) is 0 Å². The van der Waals surface area contributed by atoms with E-state index in [0.29, 0.717) is 25.7 Å². The van der Waals surface area contributed by atoms with Crippen LogP contribution in [0.2, 0.25) is 0 Å². The van der Waals surface area contributed by atoms with Gasteiger partial charge in [-0.15, -0.1) is 0 Å². The largest absolute Gasteiger partial charge is 0.481 e. The van der Waals surface area contributed by atoms with Gasteiger partial charge >= 0.3 is 24.3 Å². The number of alkyl halides is 4. The molecule has 21 heavy (non-hydrogen) atoms. The Balaban J connectivity index is 2.21. The summed E-state index contributed by atoms with van der Waals surface area (Å²) in [6.07, 6.45) is -1.59. The lowest BCUT2D eigenvalue weighted by atomic mass is 9.82. The van der Waals surface area contributed by atoms with Crippen LogP contribution >= 0.6 is 0 Å². The molecule has 0 aliphatic heterocycles. The number of nitrogens with one attached hydrogen (secondary N) is 2. The highest BCUT2D eigenvalue weighted by molar-refractivity contribution is 5.73. The number of hydrogen-bond acceptors (Lipinski definition) is 2. The summed E-state index contributed by atoms with van der Waals surface area (Å²) in [4.78, 5) is 22.0. The van der Waals surface area contributed by atoms with Crippen LogP contribution in [0.1, 0.15) is 25.7 Å². The van der Waals surface area contributed by atoms with Gasteiger partial charge in [0.05, 0.1) is 12.5 Å². The molecule has 1 aliphatic carbocycles. The molecule has 1 rings (SSSR count). The second-order valence-corrected chi connectivity index (χ2v) is 5.18. The Bertz CT molecular complexity index is 372. The van der Waals surface area contributed by atoms with Gasteiger partial charge < -0.3 is 15.7 Å². The number of carbonyl (C=O) groups excluding carboxylic acids is 1. The van der Waals surface area contributed by atoms with E-state index in [9.17, 15) is 27.2 Å². The molecule has 0 heterocycles. The molecule has 0 saturated heterocycles. The predicted molar refractivity (Wildman–Crippen MR) is 65.4 cm³/mol. The minimum atomic E-state index is -4.25. The van der Waals surface area contributed by atoms with Crippen LogP contribution in [0.25, 0.3) is 0 Å². The van der Waals surface area contributed by atoms with E-state index < -0.39 is 30.9 Å². The van der Waals surface area contributed by atoms with Crippen LogP contribution in [-0.4, -0.2) is 42.5 Å². The van der Waals surface area contributed by atoms with Gasteiger partial charge in [-0.25, -0.2) is 13.6 Å². The second kappa shape index (κ2) is 7.46. The fraction of sp³-hybridized carbons (Fsp3) is 0.833. The zero-order valence-corrected chi connectivity index (χ0v) is 11.3. The third kappa shape index (κ3) is 5.76. The topological polar surface area (TPSA) is 78.4 Å². The zero-order chi connectivity index (χ0) is 16.0. The normalized spacial score (nSPS) is 22.9. The Labute approximate surface area is 119 Å². The van der Waals surface area contributed by atoms with Crippen LogP contribution in [0.3, 0.4) is 0 Å². The lowest BCUT2D eigenvalue weighted by Gasteiger charge is -2.26. The highest BCUT2D eigenvalue weighted by Crippen LogP contribution is 2.28. The number of hydrogen-bond donors (Lipinski definition) is 3. The average molecular weight is 314 g/mol. The van der Waals surface area contributed by atoms with Gasteiger partial charge in [-0.3, -0.25) is 4.79 Å². The molecule has 0 aromatic rings. The second-order valence-electron chi connectivity index (χ2n) is 5.18. The maximum absolute atomic E-state index is 12.6. The van der Waals surface area contributed by atoms with E-state index in [2.05, 4.69) is 5.32 Å². The van der Waals surface area contributed by atoms with Crippen LogP contribution < -0.4 is 10.6 Å². The van der Waals surface area contributed by atoms with Crippen molar-refractivity contribution >= 4 is 12.0 Å². The Morgan fingerprint density at radius 3 is 2.19 bits per heavy atom. The molecule has 2 amide bonds. The Morgan fingerprint density at radius 2 is 1.71 bits per heavy atom. The summed E-state index contributed by atoms with van der Waals surface area (Å²) in [5, 5.41) is 12.9. The summed E-state index contributed by atoms with van der Waals surface area (Å²) >= 11 is 0. The van der Waals surface area contributed by atoms with E-state index in [0.717, 1.165) is 0 Å². The minimum absolute atomic E-state index is 0.0713. The third-order valence-electron chi connectivity index (χ3n) is 3.55. The van der Waals surface area contributed by atoms with Gasteiger partial charge in [0.25, 0.3) is 0 Å². The van der Waals surface area contributed by atoms with Gasteiger partial charge in [0.1, 0.15) is 0 Å². The van der Waals surface area contributed by atoms with Crippen molar-refractivity contribution in [3.05, 3.63) is 0 Å². The summed E-state index contributed by atoms with van der Waals surface area (Å²) < 4.78 is 48.9. The van der Waals surface area contributed by atoms with E-state index >= 15 is 0 Å². The van der Waals surface area contributed by atoms with E-state index in [1.807, 2.05) is 0 Å². The Kier molecular flexibility index (Phi) is 6.22. The van der Waals surface area contributed by atoms with Crippen molar-refractivity contribution in [2.24, 2.45) is 11.8 Å². The van der Waals surface area contributed by atoms with E-state index in [4.69, 9.17) is 5.11 Å². The molecule has 1 saturated carbocycles. The van der Waals surface area contributed by atoms with Gasteiger partial charge in [-0.05, 0) is 31.6 Å². The molecule has 0 radical (unpaired) electrons. The minimum Gasteiger partial charge on any atom is -0.481 e. The molecule has 9 heteroatoms. The highest BCUT2D eigenvalue weighted by atomic mass is 19.3. The number of carboxylic acids is 1.